The topological polar surface area (TPSA) is 30.2 Å². The standard InChI is InChI=1S/C25H44NO2/c1-3-5-6-7-8-9-10-11-12-13-14-15-16-18-21-24(25(27)28-4-2)26-22-19-17-20-23-26/h17,19-20,22-24H,3-16,18,21H2,1-2H3/q+1/t24-/m0/s1. The summed E-state index contributed by atoms with van der Waals surface area (Å²) >= 11 is 0. The van der Waals surface area contributed by atoms with Crippen molar-refractivity contribution in [1.82, 2.24) is 0 Å². The van der Waals surface area contributed by atoms with E-state index in [1.54, 1.807) is 0 Å². The van der Waals surface area contributed by atoms with Gasteiger partial charge in [0.1, 0.15) is 0 Å². The van der Waals surface area contributed by atoms with Gasteiger partial charge in [-0.2, -0.15) is 4.57 Å². The number of aromatic nitrogens is 1. The molecule has 0 fully saturated rings. The Labute approximate surface area is 173 Å². The first-order chi connectivity index (χ1) is 13.8. The van der Waals surface area contributed by atoms with Crippen molar-refractivity contribution in [2.75, 3.05) is 6.61 Å². The first-order valence-electron chi connectivity index (χ1n) is 11.9. The van der Waals surface area contributed by atoms with Crippen molar-refractivity contribution in [1.29, 1.82) is 0 Å². The second kappa shape index (κ2) is 17.7. The average Bonchev–Trinajstić information content (AvgIpc) is 2.72. The number of carbonyl (C=O) groups excluding carboxylic acids is 1. The molecule has 0 aliphatic carbocycles. The van der Waals surface area contributed by atoms with Crippen molar-refractivity contribution >= 4 is 5.97 Å². The maximum Gasteiger partial charge on any atom is 0.375 e. The van der Waals surface area contributed by atoms with Crippen LogP contribution in [-0.4, -0.2) is 12.6 Å². The summed E-state index contributed by atoms with van der Waals surface area (Å²) in [5.74, 6) is -0.103. The molecule has 3 nitrogen and oxygen atoms in total. The molecule has 3 heteroatoms. The number of hydrogen-bond donors (Lipinski definition) is 0. The van der Waals surface area contributed by atoms with Crippen LogP contribution >= 0.6 is 0 Å². The lowest BCUT2D eigenvalue weighted by molar-refractivity contribution is -0.711. The summed E-state index contributed by atoms with van der Waals surface area (Å²) in [6.07, 6.45) is 23.8. The fraction of sp³-hybridized carbons (Fsp3) is 0.760. The minimum Gasteiger partial charge on any atom is -0.461 e. The highest BCUT2D eigenvalue weighted by Crippen LogP contribution is 2.16. The smallest absolute Gasteiger partial charge is 0.375 e. The zero-order valence-corrected chi connectivity index (χ0v) is 18.5. The number of carbonyl (C=O) groups is 1. The Morgan fingerprint density at radius 1 is 0.714 bits per heavy atom. The van der Waals surface area contributed by atoms with Gasteiger partial charge in [-0.25, -0.2) is 4.79 Å². The van der Waals surface area contributed by atoms with Gasteiger partial charge in [-0.05, 0) is 13.3 Å². The van der Waals surface area contributed by atoms with Gasteiger partial charge in [0.05, 0.1) is 6.61 Å². The number of hydrogen-bond acceptors (Lipinski definition) is 2. The maximum absolute atomic E-state index is 12.3. The van der Waals surface area contributed by atoms with Crippen LogP contribution in [0, 0.1) is 0 Å². The molecular formula is C25H44NO2+. The summed E-state index contributed by atoms with van der Waals surface area (Å²) in [4.78, 5) is 12.3. The summed E-state index contributed by atoms with van der Waals surface area (Å²) in [5, 5.41) is 0. The van der Waals surface area contributed by atoms with E-state index in [4.69, 9.17) is 4.74 Å². The summed E-state index contributed by atoms with van der Waals surface area (Å²) in [5.41, 5.74) is 0. The van der Waals surface area contributed by atoms with Crippen LogP contribution in [0.1, 0.15) is 116 Å². The van der Waals surface area contributed by atoms with Crippen LogP contribution in [0.2, 0.25) is 0 Å². The first-order valence-corrected chi connectivity index (χ1v) is 11.9. The molecule has 0 N–H and O–H groups in total. The van der Waals surface area contributed by atoms with E-state index < -0.39 is 0 Å². The average molecular weight is 391 g/mol. The van der Waals surface area contributed by atoms with Gasteiger partial charge in [0.2, 0.25) is 0 Å². The van der Waals surface area contributed by atoms with E-state index in [-0.39, 0.29) is 12.0 Å². The van der Waals surface area contributed by atoms with Crippen molar-refractivity contribution in [3.63, 3.8) is 0 Å². The van der Waals surface area contributed by atoms with Crippen molar-refractivity contribution in [3.05, 3.63) is 30.6 Å². The highest BCUT2D eigenvalue weighted by molar-refractivity contribution is 5.72. The van der Waals surface area contributed by atoms with Gasteiger partial charge < -0.3 is 4.74 Å². The molecule has 0 saturated heterocycles. The largest absolute Gasteiger partial charge is 0.461 e. The van der Waals surface area contributed by atoms with Crippen molar-refractivity contribution in [3.8, 4) is 0 Å². The molecule has 160 valence electrons. The monoisotopic (exact) mass is 390 g/mol. The molecular weight excluding hydrogens is 346 g/mol. The van der Waals surface area contributed by atoms with Crippen LogP contribution in [0.3, 0.4) is 0 Å². The normalized spacial score (nSPS) is 12.1. The molecule has 0 aliphatic heterocycles. The predicted molar refractivity (Wildman–Crippen MR) is 117 cm³/mol. The number of esters is 1. The highest BCUT2D eigenvalue weighted by Gasteiger charge is 2.27. The minimum absolute atomic E-state index is 0.103. The van der Waals surface area contributed by atoms with E-state index in [1.807, 2.05) is 42.1 Å². The second-order valence-electron chi connectivity index (χ2n) is 7.98. The highest BCUT2D eigenvalue weighted by atomic mass is 16.5. The fourth-order valence-corrected chi connectivity index (χ4v) is 3.78. The third kappa shape index (κ3) is 12.2. The van der Waals surface area contributed by atoms with Crippen LogP contribution in [0.5, 0.6) is 0 Å². The zero-order chi connectivity index (χ0) is 20.3. The molecule has 0 aromatic carbocycles. The van der Waals surface area contributed by atoms with E-state index in [0.717, 1.165) is 12.8 Å². The van der Waals surface area contributed by atoms with E-state index in [0.29, 0.717) is 6.61 Å². The Balaban J connectivity index is 2.03. The molecule has 0 unspecified atom stereocenters. The Morgan fingerprint density at radius 2 is 1.18 bits per heavy atom. The fourth-order valence-electron chi connectivity index (χ4n) is 3.78. The Hall–Kier alpha value is -1.38. The molecule has 0 radical (unpaired) electrons. The molecule has 1 aromatic heterocycles. The SMILES string of the molecule is CCCCCCCCCCCCCCCC[C@@H](C(=O)OCC)[n+]1ccccc1. The number of unbranched alkanes of at least 4 members (excludes halogenated alkanes) is 13. The Morgan fingerprint density at radius 3 is 1.64 bits per heavy atom. The molecule has 0 bridgehead atoms. The van der Waals surface area contributed by atoms with E-state index in [9.17, 15) is 4.79 Å². The Bertz CT molecular complexity index is 475. The first kappa shape index (κ1) is 24.7. The number of ether oxygens (including phenoxy) is 1. The van der Waals surface area contributed by atoms with Gasteiger partial charge in [-0.1, -0.05) is 96.5 Å². The lowest BCUT2D eigenvalue weighted by Gasteiger charge is -2.11. The van der Waals surface area contributed by atoms with Crippen LogP contribution < -0.4 is 4.57 Å². The number of pyridine rings is 1. The molecule has 0 aliphatic rings. The molecule has 0 amide bonds. The van der Waals surface area contributed by atoms with Crippen molar-refractivity contribution < 1.29 is 14.1 Å². The minimum atomic E-state index is -0.182. The molecule has 28 heavy (non-hydrogen) atoms. The lowest BCUT2D eigenvalue weighted by Crippen LogP contribution is -2.44. The zero-order valence-electron chi connectivity index (χ0n) is 18.5. The molecule has 1 atom stereocenters. The lowest BCUT2D eigenvalue weighted by atomic mass is 10.0. The molecule has 0 saturated carbocycles. The Kier molecular flexibility index (Phi) is 15.6. The summed E-state index contributed by atoms with van der Waals surface area (Å²) < 4.78 is 7.25. The van der Waals surface area contributed by atoms with Crippen molar-refractivity contribution in [2.24, 2.45) is 0 Å². The van der Waals surface area contributed by atoms with Gasteiger partial charge >= 0.3 is 5.97 Å². The number of nitrogens with zero attached hydrogens (tertiary/aromatic N) is 1. The van der Waals surface area contributed by atoms with Gasteiger partial charge in [0, 0.05) is 18.6 Å². The van der Waals surface area contributed by atoms with Crippen LogP contribution in [0.4, 0.5) is 0 Å². The van der Waals surface area contributed by atoms with Crippen LogP contribution in [-0.2, 0) is 9.53 Å². The molecule has 0 spiro atoms. The molecule has 1 heterocycles. The van der Waals surface area contributed by atoms with Gasteiger partial charge in [0.25, 0.3) is 6.04 Å². The van der Waals surface area contributed by atoms with Gasteiger partial charge in [0.15, 0.2) is 12.4 Å². The van der Waals surface area contributed by atoms with Crippen molar-refractivity contribution in [2.45, 2.75) is 116 Å². The number of rotatable bonds is 18. The van der Waals surface area contributed by atoms with E-state index in [2.05, 4.69) is 6.92 Å². The van der Waals surface area contributed by atoms with Gasteiger partial charge in [-0.15, -0.1) is 0 Å². The third-order valence-corrected chi connectivity index (χ3v) is 5.49. The summed E-state index contributed by atoms with van der Waals surface area (Å²) in [6.45, 7) is 4.60. The van der Waals surface area contributed by atoms with E-state index in [1.165, 1.54) is 83.5 Å². The molecule has 1 rings (SSSR count). The van der Waals surface area contributed by atoms with Crippen LogP contribution in [0.25, 0.3) is 0 Å². The van der Waals surface area contributed by atoms with E-state index >= 15 is 0 Å². The van der Waals surface area contributed by atoms with Crippen LogP contribution in [0.15, 0.2) is 30.6 Å². The summed E-state index contributed by atoms with van der Waals surface area (Å²) in [7, 11) is 0. The summed E-state index contributed by atoms with van der Waals surface area (Å²) in [6, 6.07) is 5.73. The predicted octanol–water partition coefficient (Wildman–Crippen LogP) is 6.95. The quantitative estimate of drug-likeness (QED) is 0.154. The van der Waals surface area contributed by atoms with Gasteiger partial charge in [-0.3, -0.25) is 0 Å². The second-order valence-corrected chi connectivity index (χ2v) is 7.98. The third-order valence-electron chi connectivity index (χ3n) is 5.49. The molecule has 1 aromatic rings. The maximum atomic E-state index is 12.3.